The van der Waals surface area contributed by atoms with E-state index in [-0.39, 0.29) is 36.0 Å². The fourth-order valence-electron chi connectivity index (χ4n) is 3.83. The van der Waals surface area contributed by atoms with Crippen molar-refractivity contribution < 1.29 is 14.4 Å². The minimum atomic E-state index is -0.324. The van der Waals surface area contributed by atoms with Crippen LogP contribution in [-0.2, 0) is 14.4 Å². The van der Waals surface area contributed by atoms with Crippen molar-refractivity contribution in [1.29, 1.82) is 0 Å². The van der Waals surface area contributed by atoms with E-state index in [1.54, 1.807) is 9.80 Å². The first kappa shape index (κ1) is 19.4. The van der Waals surface area contributed by atoms with Gasteiger partial charge in [-0.3, -0.25) is 14.4 Å². The number of carbonyl (C=O) groups is 3. The van der Waals surface area contributed by atoms with Gasteiger partial charge in [0.2, 0.25) is 17.7 Å². The van der Waals surface area contributed by atoms with Gasteiger partial charge in [-0.2, -0.15) is 0 Å². The van der Waals surface area contributed by atoms with E-state index in [1.807, 2.05) is 30.3 Å². The van der Waals surface area contributed by atoms with Gasteiger partial charge in [0.25, 0.3) is 0 Å². The first-order chi connectivity index (χ1) is 13.0. The summed E-state index contributed by atoms with van der Waals surface area (Å²) in [6.07, 6.45) is 1.89. The second kappa shape index (κ2) is 8.55. The van der Waals surface area contributed by atoms with Crippen LogP contribution in [0.3, 0.4) is 0 Å². The number of likely N-dealkylation sites (tertiary alicyclic amines) is 1. The zero-order valence-electron chi connectivity index (χ0n) is 16.2. The van der Waals surface area contributed by atoms with Gasteiger partial charge in [0.1, 0.15) is 0 Å². The number of rotatable bonds is 5. The monoisotopic (exact) mass is 371 g/mol. The minimum absolute atomic E-state index is 0.00291. The van der Waals surface area contributed by atoms with Gasteiger partial charge in [-0.1, -0.05) is 32.0 Å². The number of benzene rings is 1. The van der Waals surface area contributed by atoms with E-state index < -0.39 is 0 Å². The third-order valence-corrected chi connectivity index (χ3v) is 5.33. The number of para-hydroxylation sites is 1. The first-order valence-corrected chi connectivity index (χ1v) is 9.87. The average molecular weight is 371 g/mol. The van der Waals surface area contributed by atoms with Crippen LogP contribution < -0.4 is 10.2 Å². The van der Waals surface area contributed by atoms with E-state index in [0.29, 0.717) is 32.1 Å². The molecule has 1 aromatic rings. The van der Waals surface area contributed by atoms with Crippen LogP contribution in [0.4, 0.5) is 5.69 Å². The summed E-state index contributed by atoms with van der Waals surface area (Å²) < 4.78 is 0. The zero-order chi connectivity index (χ0) is 19.4. The number of nitrogens with one attached hydrogen (secondary N) is 1. The van der Waals surface area contributed by atoms with Crippen LogP contribution in [0.5, 0.6) is 0 Å². The van der Waals surface area contributed by atoms with Gasteiger partial charge in [0.05, 0.1) is 11.8 Å². The quantitative estimate of drug-likeness (QED) is 0.861. The van der Waals surface area contributed by atoms with Crippen molar-refractivity contribution in [2.45, 2.75) is 33.1 Å². The van der Waals surface area contributed by atoms with E-state index >= 15 is 0 Å². The fourth-order valence-corrected chi connectivity index (χ4v) is 3.83. The molecule has 1 N–H and O–H groups in total. The molecule has 0 aliphatic carbocycles. The molecule has 1 aromatic carbocycles. The van der Waals surface area contributed by atoms with Crippen LogP contribution in [-0.4, -0.2) is 48.8 Å². The molecule has 2 atom stereocenters. The molecule has 146 valence electrons. The summed E-state index contributed by atoms with van der Waals surface area (Å²) in [7, 11) is 0. The first-order valence-electron chi connectivity index (χ1n) is 9.87. The van der Waals surface area contributed by atoms with Crippen molar-refractivity contribution in [3.8, 4) is 0 Å². The smallest absolute Gasteiger partial charge is 0.228 e. The predicted molar refractivity (Wildman–Crippen MR) is 104 cm³/mol. The molecule has 3 amide bonds. The van der Waals surface area contributed by atoms with Gasteiger partial charge < -0.3 is 15.1 Å². The summed E-state index contributed by atoms with van der Waals surface area (Å²) in [4.78, 5) is 41.2. The molecule has 0 bridgehead atoms. The summed E-state index contributed by atoms with van der Waals surface area (Å²) in [5, 5.41) is 2.98. The number of hydrogen-bond acceptors (Lipinski definition) is 3. The summed E-state index contributed by atoms with van der Waals surface area (Å²) in [6, 6.07) is 9.47. The molecule has 2 aliphatic heterocycles. The minimum Gasteiger partial charge on any atom is -0.356 e. The van der Waals surface area contributed by atoms with Crippen LogP contribution in [0.15, 0.2) is 30.3 Å². The van der Waals surface area contributed by atoms with Crippen LogP contribution in [0.25, 0.3) is 0 Å². The summed E-state index contributed by atoms with van der Waals surface area (Å²) in [5.41, 5.74) is 0.836. The van der Waals surface area contributed by atoms with Crippen molar-refractivity contribution in [3.63, 3.8) is 0 Å². The van der Waals surface area contributed by atoms with Crippen LogP contribution in [0, 0.1) is 17.8 Å². The Bertz CT molecular complexity index is 689. The number of hydrogen-bond donors (Lipinski definition) is 1. The SMILES string of the molecule is CC(C)CNC(=O)C1CCCN(C(=O)C2CC(=O)N(c3ccccc3)C2)C1. The van der Waals surface area contributed by atoms with E-state index in [2.05, 4.69) is 19.2 Å². The maximum absolute atomic E-state index is 13.0. The Balaban J connectivity index is 1.59. The lowest BCUT2D eigenvalue weighted by atomic mass is 9.95. The van der Waals surface area contributed by atoms with E-state index in [9.17, 15) is 14.4 Å². The molecular formula is C21H29N3O3. The molecule has 0 radical (unpaired) electrons. The Morgan fingerprint density at radius 3 is 2.59 bits per heavy atom. The van der Waals surface area contributed by atoms with E-state index in [1.165, 1.54) is 0 Å². The normalized spacial score (nSPS) is 23.0. The number of amides is 3. The lowest BCUT2D eigenvalue weighted by molar-refractivity contribution is -0.139. The predicted octanol–water partition coefficient (Wildman–Crippen LogP) is 2.05. The molecule has 0 spiro atoms. The van der Waals surface area contributed by atoms with Gasteiger partial charge in [0.15, 0.2) is 0 Å². The Morgan fingerprint density at radius 2 is 1.89 bits per heavy atom. The molecule has 2 aliphatic rings. The third kappa shape index (κ3) is 4.67. The molecule has 3 rings (SSSR count). The van der Waals surface area contributed by atoms with Gasteiger partial charge in [-0.25, -0.2) is 0 Å². The Hall–Kier alpha value is -2.37. The number of nitrogens with zero attached hydrogens (tertiary/aromatic N) is 2. The lowest BCUT2D eigenvalue weighted by Gasteiger charge is -2.33. The van der Waals surface area contributed by atoms with Gasteiger partial charge in [0, 0.05) is 38.3 Å². The molecule has 2 fully saturated rings. The Labute approximate surface area is 160 Å². The Morgan fingerprint density at radius 1 is 1.15 bits per heavy atom. The van der Waals surface area contributed by atoms with Crippen molar-refractivity contribution >= 4 is 23.4 Å². The number of anilines is 1. The van der Waals surface area contributed by atoms with Crippen LogP contribution in [0.1, 0.15) is 33.1 Å². The fraction of sp³-hybridized carbons (Fsp3) is 0.571. The lowest BCUT2D eigenvalue weighted by Crippen LogP contribution is -2.48. The highest BCUT2D eigenvalue weighted by molar-refractivity contribution is 6.00. The molecule has 27 heavy (non-hydrogen) atoms. The molecule has 6 nitrogen and oxygen atoms in total. The standard InChI is InChI=1S/C21H29N3O3/c1-15(2)12-22-20(26)16-7-6-10-23(13-16)21(27)17-11-19(25)24(14-17)18-8-4-3-5-9-18/h3-5,8-9,15-17H,6-7,10-14H2,1-2H3,(H,22,26). The van der Waals surface area contributed by atoms with E-state index in [0.717, 1.165) is 18.5 Å². The summed E-state index contributed by atoms with van der Waals surface area (Å²) in [6.45, 7) is 6.33. The van der Waals surface area contributed by atoms with Crippen LogP contribution in [0.2, 0.25) is 0 Å². The largest absolute Gasteiger partial charge is 0.356 e. The maximum atomic E-state index is 13.0. The second-order valence-corrected chi connectivity index (χ2v) is 8.00. The highest BCUT2D eigenvalue weighted by atomic mass is 16.2. The molecule has 2 saturated heterocycles. The van der Waals surface area contributed by atoms with Gasteiger partial charge in [-0.05, 0) is 30.9 Å². The topological polar surface area (TPSA) is 69.7 Å². The molecule has 2 unspecified atom stereocenters. The highest BCUT2D eigenvalue weighted by Crippen LogP contribution is 2.27. The van der Waals surface area contributed by atoms with Crippen molar-refractivity contribution in [3.05, 3.63) is 30.3 Å². The summed E-state index contributed by atoms with van der Waals surface area (Å²) in [5.74, 6) is -0.0387. The van der Waals surface area contributed by atoms with Crippen molar-refractivity contribution in [2.75, 3.05) is 31.1 Å². The van der Waals surface area contributed by atoms with Gasteiger partial charge >= 0.3 is 0 Å². The van der Waals surface area contributed by atoms with Crippen molar-refractivity contribution in [2.24, 2.45) is 17.8 Å². The van der Waals surface area contributed by atoms with Crippen molar-refractivity contribution in [1.82, 2.24) is 10.2 Å². The second-order valence-electron chi connectivity index (χ2n) is 8.00. The van der Waals surface area contributed by atoms with E-state index in [4.69, 9.17) is 0 Å². The average Bonchev–Trinajstić information content (AvgIpc) is 3.08. The Kier molecular flexibility index (Phi) is 6.14. The molecule has 0 saturated carbocycles. The van der Waals surface area contributed by atoms with Crippen LogP contribution >= 0.6 is 0 Å². The zero-order valence-corrected chi connectivity index (χ0v) is 16.2. The molecular weight excluding hydrogens is 342 g/mol. The maximum Gasteiger partial charge on any atom is 0.228 e. The molecule has 6 heteroatoms. The number of piperidine rings is 1. The van der Waals surface area contributed by atoms with Gasteiger partial charge in [-0.15, -0.1) is 0 Å². The highest BCUT2D eigenvalue weighted by Gasteiger charge is 2.39. The molecule has 2 heterocycles. The third-order valence-electron chi connectivity index (χ3n) is 5.33. The summed E-state index contributed by atoms with van der Waals surface area (Å²) >= 11 is 0. The molecule has 0 aromatic heterocycles. The number of carbonyl (C=O) groups excluding carboxylic acids is 3.